The molecule has 0 spiro atoms. The van der Waals surface area contributed by atoms with Crippen LogP contribution in [0.2, 0.25) is 0 Å². The van der Waals surface area contributed by atoms with Crippen molar-refractivity contribution < 1.29 is 9.53 Å². The number of carbonyl (C=O) groups is 1. The van der Waals surface area contributed by atoms with Gasteiger partial charge in [0.25, 0.3) is 0 Å². The Bertz CT molecular complexity index is 765. The van der Waals surface area contributed by atoms with Gasteiger partial charge in [0, 0.05) is 57.8 Å². The molecular formula is C22H31N5O2. The summed E-state index contributed by atoms with van der Waals surface area (Å²) in [4.78, 5) is 19.0. The molecule has 0 saturated carbocycles. The highest BCUT2D eigenvalue weighted by Crippen LogP contribution is 2.17. The van der Waals surface area contributed by atoms with Crippen molar-refractivity contribution in [2.45, 2.75) is 38.4 Å². The number of nitrogens with one attached hydrogen (secondary N) is 2. The van der Waals surface area contributed by atoms with Crippen LogP contribution in [0.5, 0.6) is 0 Å². The quantitative estimate of drug-likeness (QED) is 0.752. The molecule has 1 aromatic heterocycles. The molecule has 2 saturated heterocycles. The molecule has 7 heteroatoms. The fraction of sp³-hybridized carbons (Fsp3) is 0.545. The molecule has 0 bridgehead atoms. The molecule has 1 unspecified atom stereocenters. The van der Waals surface area contributed by atoms with E-state index in [4.69, 9.17) is 4.74 Å². The van der Waals surface area contributed by atoms with Gasteiger partial charge in [0.15, 0.2) is 0 Å². The van der Waals surface area contributed by atoms with Gasteiger partial charge in [0.1, 0.15) is 0 Å². The third-order valence-electron chi connectivity index (χ3n) is 5.93. The molecule has 2 fully saturated rings. The molecule has 2 N–H and O–H groups in total. The smallest absolute Gasteiger partial charge is 0.315 e. The Balaban J connectivity index is 1.20. The molecule has 1 atom stereocenters. The maximum atomic E-state index is 12.4. The molecule has 2 aromatic rings. The normalized spacial score (nSPS) is 20.6. The number of amides is 2. The van der Waals surface area contributed by atoms with Gasteiger partial charge < -0.3 is 24.8 Å². The van der Waals surface area contributed by atoms with Gasteiger partial charge in [-0.05, 0) is 36.3 Å². The van der Waals surface area contributed by atoms with E-state index < -0.39 is 0 Å². The number of nitrogens with zero attached hydrogens (tertiary/aromatic N) is 3. The lowest BCUT2D eigenvalue weighted by molar-refractivity contribution is 0.148. The minimum atomic E-state index is -0.0786. The number of piperidine rings is 1. The summed E-state index contributed by atoms with van der Waals surface area (Å²) in [6.45, 7) is 6.33. The highest BCUT2D eigenvalue weighted by molar-refractivity contribution is 5.74. The Labute approximate surface area is 172 Å². The van der Waals surface area contributed by atoms with Crippen molar-refractivity contribution in [2.24, 2.45) is 5.92 Å². The first-order valence-corrected chi connectivity index (χ1v) is 10.6. The fourth-order valence-corrected chi connectivity index (χ4v) is 4.23. The molecule has 2 aliphatic heterocycles. The second kappa shape index (κ2) is 9.89. The van der Waals surface area contributed by atoms with Gasteiger partial charge in [-0.15, -0.1) is 0 Å². The predicted molar refractivity (Wildman–Crippen MR) is 112 cm³/mol. The molecule has 0 radical (unpaired) electrons. The molecule has 29 heavy (non-hydrogen) atoms. The van der Waals surface area contributed by atoms with Crippen LogP contribution < -0.4 is 10.6 Å². The largest absolute Gasteiger partial charge is 0.381 e. The van der Waals surface area contributed by atoms with Crippen LogP contribution in [0.3, 0.4) is 0 Å². The molecule has 1 aromatic carbocycles. The maximum Gasteiger partial charge on any atom is 0.315 e. The van der Waals surface area contributed by atoms with Crippen LogP contribution in [0.15, 0.2) is 43.0 Å². The van der Waals surface area contributed by atoms with E-state index in [9.17, 15) is 4.79 Å². The standard InChI is InChI=1S/C22H31N5O2/c28-22(25-21-5-9-26(10-6-21)14-18-7-12-29-16-18)24-13-19-3-1-2-4-20(19)15-27-11-8-23-17-27/h1-4,8,11,17-18,21H,5-7,9-10,12-16H2,(H2,24,25,28). The molecule has 2 amide bonds. The van der Waals surface area contributed by atoms with Crippen molar-refractivity contribution in [3.8, 4) is 0 Å². The van der Waals surface area contributed by atoms with Crippen LogP contribution in [0.1, 0.15) is 30.4 Å². The first-order chi connectivity index (χ1) is 14.3. The lowest BCUT2D eigenvalue weighted by Gasteiger charge is -2.33. The van der Waals surface area contributed by atoms with Gasteiger partial charge in [0.05, 0.1) is 12.9 Å². The van der Waals surface area contributed by atoms with Crippen molar-refractivity contribution in [1.29, 1.82) is 0 Å². The Hall–Kier alpha value is -2.38. The van der Waals surface area contributed by atoms with Gasteiger partial charge in [-0.2, -0.15) is 0 Å². The highest BCUT2D eigenvalue weighted by atomic mass is 16.5. The average Bonchev–Trinajstić information content (AvgIpc) is 3.43. The van der Waals surface area contributed by atoms with Gasteiger partial charge >= 0.3 is 6.03 Å². The zero-order valence-corrected chi connectivity index (χ0v) is 16.9. The molecular weight excluding hydrogens is 366 g/mol. The Morgan fingerprint density at radius 3 is 2.72 bits per heavy atom. The summed E-state index contributed by atoms with van der Waals surface area (Å²) in [6, 6.07) is 8.38. The predicted octanol–water partition coefficient (Wildman–Crippen LogP) is 2.23. The maximum absolute atomic E-state index is 12.4. The number of ether oxygens (including phenoxy) is 1. The van der Waals surface area contributed by atoms with Gasteiger partial charge in [-0.25, -0.2) is 9.78 Å². The van der Waals surface area contributed by atoms with E-state index in [1.807, 2.05) is 29.2 Å². The van der Waals surface area contributed by atoms with Crippen molar-refractivity contribution in [3.63, 3.8) is 0 Å². The van der Waals surface area contributed by atoms with Crippen LogP contribution in [-0.2, 0) is 17.8 Å². The van der Waals surface area contributed by atoms with E-state index in [0.29, 0.717) is 12.5 Å². The second-order valence-electron chi connectivity index (χ2n) is 8.14. The van der Waals surface area contributed by atoms with Crippen molar-refractivity contribution in [3.05, 3.63) is 54.1 Å². The van der Waals surface area contributed by atoms with Crippen LogP contribution in [-0.4, -0.2) is 59.4 Å². The van der Waals surface area contributed by atoms with Gasteiger partial charge in [-0.1, -0.05) is 24.3 Å². The highest BCUT2D eigenvalue weighted by Gasteiger charge is 2.24. The Kier molecular flexibility index (Phi) is 6.79. The minimum Gasteiger partial charge on any atom is -0.381 e. The number of carbonyl (C=O) groups excluding carboxylic acids is 1. The van der Waals surface area contributed by atoms with E-state index in [1.54, 1.807) is 6.20 Å². The minimum absolute atomic E-state index is 0.0786. The molecule has 0 aliphatic carbocycles. The van der Waals surface area contributed by atoms with E-state index in [1.165, 1.54) is 12.0 Å². The monoisotopic (exact) mass is 397 g/mol. The number of likely N-dealkylation sites (tertiary alicyclic amines) is 1. The van der Waals surface area contributed by atoms with Crippen molar-refractivity contribution in [1.82, 2.24) is 25.1 Å². The molecule has 156 valence electrons. The Morgan fingerprint density at radius 1 is 1.17 bits per heavy atom. The topological polar surface area (TPSA) is 71.4 Å². The zero-order chi connectivity index (χ0) is 19.9. The number of imidazole rings is 1. The van der Waals surface area contributed by atoms with E-state index in [0.717, 1.165) is 57.8 Å². The number of hydrogen-bond acceptors (Lipinski definition) is 4. The number of rotatable bonds is 7. The summed E-state index contributed by atoms with van der Waals surface area (Å²) in [5.74, 6) is 0.685. The van der Waals surface area contributed by atoms with E-state index >= 15 is 0 Å². The number of aromatic nitrogens is 2. The third kappa shape index (κ3) is 5.81. The molecule has 3 heterocycles. The lowest BCUT2D eigenvalue weighted by atomic mass is 10.0. The molecule has 7 nitrogen and oxygen atoms in total. The first-order valence-electron chi connectivity index (χ1n) is 10.6. The fourth-order valence-electron chi connectivity index (χ4n) is 4.23. The van der Waals surface area contributed by atoms with Crippen LogP contribution in [0.25, 0.3) is 0 Å². The molecule has 2 aliphatic rings. The zero-order valence-electron chi connectivity index (χ0n) is 16.9. The average molecular weight is 398 g/mol. The summed E-state index contributed by atoms with van der Waals surface area (Å²) in [5.41, 5.74) is 2.32. The number of hydrogen-bond donors (Lipinski definition) is 2. The van der Waals surface area contributed by atoms with E-state index in [2.05, 4.69) is 32.7 Å². The van der Waals surface area contributed by atoms with Crippen molar-refractivity contribution >= 4 is 6.03 Å². The summed E-state index contributed by atoms with van der Waals surface area (Å²) in [5, 5.41) is 6.18. The van der Waals surface area contributed by atoms with Crippen molar-refractivity contribution in [2.75, 3.05) is 32.8 Å². The summed E-state index contributed by atoms with van der Waals surface area (Å²) >= 11 is 0. The summed E-state index contributed by atoms with van der Waals surface area (Å²) in [7, 11) is 0. The number of urea groups is 1. The molecule has 4 rings (SSSR count). The van der Waals surface area contributed by atoms with Gasteiger partial charge in [-0.3, -0.25) is 0 Å². The van der Waals surface area contributed by atoms with Gasteiger partial charge in [0.2, 0.25) is 0 Å². The Morgan fingerprint density at radius 2 is 2.00 bits per heavy atom. The first kappa shape index (κ1) is 19.9. The lowest BCUT2D eigenvalue weighted by Crippen LogP contribution is -2.48. The van der Waals surface area contributed by atoms with E-state index in [-0.39, 0.29) is 12.1 Å². The SMILES string of the molecule is O=C(NCc1ccccc1Cn1ccnc1)NC1CCN(CC2CCOC2)CC1. The van der Waals surface area contributed by atoms with Crippen LogP contribution >= 0.6 is 0 Å². The second-order valence-corrected chi connectivity index (χ2v) is 8.14. The summed E-state index contributed by atoms with van der Waals surface area (Å²) in [6.07, 6.45) is 8.74. The van der Waals surface area contributed by atoms with Crippen LogP contribution in [0.4, 0.5) is 4.79 Å². The third-order valence-corrected chi connectivity index (χ3v) is 5.93. The van der Waals surface area contributed by atoms with Crippen LogP contribution in [0, 0.1) is 5.92 Å². The summed E-state index contributed by atoms with van der Waals surface area (Å²) < 4.78 is 7.51. The number of benzene rings is 1.